The van der Waals surface area contributed by atoms with Crippen molar-refractivity contribution in [1.29, 1.82) is 0 Å². The van der Waals surface area contributed by atoms with Gasteiger partial charge in [0.2, 0.25) is 0 Å². The van der Waals surface area contributed by atoms with Crippen LogP contribution >= 0.6 is 15.9 Å². The van der Waals surface area contributed by atoms with Gasteiger partial charge in [-0.3, -0.25) is 9.52 Å². The molecule has 0 amide bonds. The normalized spacial score (nSPS) is 11.9. The molecule has 0 unspecified atom stereocenters. The van der Waals surface area contributed by atoms with Gasteiger partial charge in [0.15, 0.2) is 11.6 Å². The zero-order chi connectivity index (χ0) is 19.8. The second-order valence-electron chi connectivity index (χ2n) is 5.77. The minimum atomic E-state index is -3.91. The topological polar surface area (TPSA) is 95.2 Å². The largest absolute Gasteiger partial charge is 0.345 e. The SMILES string of the molecule is CCN(C)S(=O)(=O)Nc1cccc(C(=O)c2c[nH]c3ncc(Br)cc23)c1F. The van der Waals surface area contributed by atoms with Gasteiger partial charge >= 0.3 is 10.2 Å². The zero-order valence-corrected chi connectivity index (χ0v) is 16.9. The van der Waals surface area contributed by atoms with Crippen molar-refractivity contribution in [3.05, 3.63) is 58.1 Å². The standard InChI is InChI=1S/C17H16BrFN4O3S/c1-3-23(2)27(25,26)22-14-6-4-5-11(15(14)19)16(24)13-9-21-17-12(13)7-10(18)8-20-17/h4-9,22H,3H2,1-2H3,(H,20,21). The monoisotopic (exact) mass is 454 g/mol. The van der Waals surface area contributed by atoms with Gasteiger partial charge in [0.1, 0.15) is 5.65 Å². The summed E-state index contributed by atoms with van der Waals surface area (Å²) in [6, 6.07) is 5.69. The van der Waals surface area contributed by atoms with E-state index in [9.17, 15) is 17.6 Å². The van der Waals surface area contributed by atoms with Crippen LogP contribution in [0.25, 0.3) is 11.0 Å². The van der Waals surface area contributed by atoms with Crippen LogP contribution in [0.4, 0.5) is 10.1 Å². The molecule has 0 fully saturated rings. The fourth-order valence-electron chi connectivity index (χ4n) is 2.48. The fourth-order valence-corrected chi connectivity index (χ4v) is 3.75. The van der Waals surface area contributed by atoms with Crippen LogP contribution in [0.2, 0.25) is 0 Å². The predicted octanol–water partition coefficient (Wildman–Crippen LogP) is 3.30. The highest BCUT2D eigenvalue weighted by molar-refractivity contribution is 9.10. The summed E-state index contributed by atoms with van der Waals surface area (Å²) in [5, 5.41) is 0.533. The van der Waals surface area contributed by atoms with E-state index in [2.05, 4.69) is 30.6 Å². The van der Waals surface area contributed by atoms with Gasteiger partial charge in [-0.1, -0.05) is 13.0 Å². The molecule has 0 saturated heterocycles. The Morgan fingerprint density at radius 1 is 1.37 bits per heavy atom. The molecule has 10 heteroatoms. The Kier molecular flexibility index (Phi) is 5.31. The van der Waals surface area contributed by atoms with Crippen molar-refractivity contribution in [3.8, 4) is 0 Å². The van der Waals surface area contributed by atoms with Gasteiger partial charge in [-0.2, -0.15) is 12.7 Å². The van der Waals surface area contributed by atoms with Crippen LogP contribution < -0.4 is 4.72 Å². The third kappa shape index (κ3) is 3.73. The Balaban J connectivity index is 2.02. The van der Waals surface area contributed by atoms with Gasteiger partial charge in [-0.15, -0.1) is 0 Å². The first kappa shape index (κ1) is 19.5. The number of pyridine rings is 1. The number of halogens is 2. The first-order valence-corrected chi connectivity index (χ1v) is 10.2. The second kappa shape index (κ2) is 7.37. The molecule has 27 heavy (non-hydrogen) atoms. The molecule has 7 nitrogen and oxygen atoms in total. The fraction of sp³-hybridized carbons (Fsp3) is 0.176. The lowest BCUT2D eigenvalue weighted by Crippen LogP contribution is -2.32. The number of anilines is 1. The van der Waals surface area contributed by atoms with E-state index in [1.807, 2.05) is 0 Å². The summed E-state index contributed by atoms with van der Waals surface area (Å²) in [5.41, 5.74) is 0.197. The van der Waals surface area contributed by atoms with Crippen LogP contribution in [-0.2, 0) is 10.2 Å². The van der Waals surface area contributed by atoms with Gasteiger partial charge < -0.3 is 4.98 Å². The Bertz CT molecular complexity index is 1130. The number of aromatic nitrogens is 2. The molecule has 3 rings (SSSR count). The van der Waals surface area contributed by atoms with E-state index in [1.54, 1.807) is 19.2 Å². The summed E-state index contributed by atoms with van der Waals surface area (Å²) in [6.07, 6.45) is 3.03. The average Bonchev–Trinajstić information content (AvgIpc) is 3.05. The highest BCUT2D eigenvalue weighted by Gasteiger charge is 2.23. The highest BCUT2D eigenvalue weighted by atomic mass is 79.9. The van der Waals surface area contributed by atoms with Gasteiger partial charge in [-0.25, -0.2) is 9.37 Å². The summed E-state index contributed by atoms with van der Waals surface area (Å²) >= 11 is 3.29. The van der Waals surface area contributed by atoms with Crippen molar-refractivity contribution in [3.63, 3.8) is 0 Å². The maximum Gasteiger partial charge on any atom is 0.301 e. The molecule has 2 aromatic heterocycles. The molecule has 1 aromatic carbocycles. The van der Waals surface area contributed by atoms with Crippen LogP contribution in [0.1, 0.15) is 22.8 Å². The number of nitrogens with one attached hydrogen (secondary N) is 2. The molecule has 0 saturated carbocycles. The summed E-state index contributed by atoms with van der Waals surface area (Å²) in [7, 11) is -2.55. The lowest BCUT2D eigenvalue weighted by molar-refractivity contribution is 0.103. The molecule has 0 aliphatic carbocycles. The molecule has 2 heterocycles. The van der Waals surface area contributed by atoms with Crippen LogP contribution in [0.5, 0.6) is 0 Å². The van der Waals surface area contributed by atoms with Gasteiger partial charge in [0.25, 0.3) is 0 Å². The average molecular weight is 455 g/mol. The quantitative estimate of drug-likeness (QED) is 0.558. The van der Waals surface area contributed by atoms with Crippen LogP contribution in [-0.4, -0.2) is 42.1 Å². The maximum absolute atomic E-state index is 14.9. The Hall–Kier alpha value is -2.30. The third-order valence-electron chi connectivity index (χ3n) is 4.08. The smallest absolute Gasteiger partial charge is 0.301 e. The number of benzene rings is 1. The molecule has 0 bridgehead atoms. The summed E-state index contributed by atoms with van der Waals surface area (Å²) in [5.74, 6) is -1.52. The van der Waals surface area contributed by atoms with E-state index in [1.165, 1.54) is 31.4 Å². The molecule has 0 spiro atoms. The second-order valence-corrected chi connectivity index (χ2v) is 8.46. The van der Waals surface area contributed by atoms with Gasteiger partial charge in [-0.05, 0) is 34.1 Å². The zero-order valence-electron chi connectivity index (χ0n) is 14.5. The van der Waals surface area contributed by atoms with E-state index in [0.29, 0.717) is 15.5 Å². The number of hydrogen-bond acceptors (Lipinski definition) is 4. The van der Waals surface area contributed by atoms with E-state index >= 15 is 0 Å². The molecule has 0 radical (unpaired) electrons. The number of ketones is 1. The van der Waals surface area contributed by atoms with Crippen molar-refractivity contribution < 1.29 is 17.6 Å². The van der Waals surface area contributed by atoms with Crippen molar-refractivity contribution in [1.82, 2.24) is 14.3 Å². The number of carbonyl (C=O) groups excluding carboxylic acids is 1. The van der Waals surface area contributed by atoms with Crippen LogP contribution in [0, 0.1) is 5.82 Å². The Labute approximate surface area is 163 Å². The summed E-state index contributed by atoms with van der Waals surface area (Å²) < 4.78 is 43.1. The Morgan fingerprint density at radius 3 is 2.81 bits per heavy atom. The lowest BCUT2D eigenvalue weighted by Gasteiger charge is -2.17. The molecule has 0 atom stereocenters. The molecule has 2 N–H and O–H groups in total. The molecule has 142 valence electrons. The number of H-pyrrole nitrogens is 1. The summed E-state index contributed by atoms with van der Waals surface area (Å²) in [4.78, 5) is 19.9. The number of nitrogens with zero attached hydrogens (tertiary/aromatic N) is 2. The summed E-state index contributed by atoms with van der Waals surface area (Å²) in [6.45, 7) is 1.87. The minimum Gasteiger partial charge on any atom is -0.345 e. The number of fused-ring (bicyclic) bond motifs is 1. The predicted molar refractivity (Wildman–Crippen MR) is 104 cm³/mol. The van der Waals surface area contributed by atoms with Crippen molar-refractivity contribution in [2.75, 3.05) is 18.3 Å². The number of rotatable bonds is 6. The van der Waals surface area contributed by atoms with E-state index in [0.717, 1.165) is 4.31 Å². The molecular formula is C17H16BrFN4O3S. The van der Waals surface area contributed by atoms with E-state index in [-0.39, 0.29) is 23.4 Å². The van der Waals surface area contributed by atoms with E-state index in [4.69, 9.17) is 0 Å². The van der Waals surface area contributed by atoms with Crippen LogP contribution in [0.15, 0.2) is 41.1 Å². The highest BCUT2D eigenvalue weighted by Crippen LogP contribution is 2.26. The lowest BCUT2D eigenvalue weighted by atomic mass is 10.0. The van der Waals surface area contributed by atoms with Crippen LogP contribution in [0.3, 0.4) is 0 Å². The number of aromatic amines is 1. The van der Waals surface area contributed by atoms with Gasteiger partial charge in [0, 0.05) is 41.4 Å². The molecule has 3 aromatic rings. The van der Waals surface area contributed by atoms with Gasteiger partial charge in [0.05, 0.1) is 11.3 Å². The number of hydrogen-bond donors (Lipinski definition) is 2. The molecular weight excluding hydrogens is 439 g/mol. The van der Waals surface area contributed by atoms with Crippen molar-refractivity contribution in [2.45, 2.75) is 6.92 Å². The van der Waals surface area contributed by atoms with Crippen molar-refractivity contribution >= 4 is 48.6 Å². The first-order valence-electron chi connectivity index (χ1n) is 7.94. The Morgan fingerprint density at radius 2 is 2.11 bits per heavy atom. The van der Waals surface area contributed by atoms with E-state index < -0.39 is 21.8 Å². The maximum atomic E-state index is 14.9. The third-order valence-corrected chi connectivity index (χ3v) is 6.07. The first-order chi connectivity index (χ1) is 12.7. The minimum absolute atomic E-state index is 0.215. The van der Waals surface area contributed by atoms with Crippen molar-refractivity contribution in [2.24, 2.45) is 0 Å². The number of carbonyl (C=O) groups is 1. The molecule has 0 aliphatic rings. The molecule has 0 aliphatic heterocycles.